The van der Waals surface area contributed by atoms with Crippen LogP contribution < -0.4 is 4.90 Å². The molecule has 0 spiro atoms. The molecule has 1 fully saturated rings. The summed E-state index contributed by atoms with van der Waals surface area (Å²) in [6.45, 7) is 11.8. The predicted molar refractivity (Wildman–Crippen MR) is 142 cm³/mol. The third-order valence-corrected chi connectivity index (χ3v) is 7.23. The molecule has 0 saturated carbocycles. The fourth-order valence-electron chi connectivity index (χ4n) is 5.04. The quantitative estimate of drug-likeness (QED) is 0.382. The zero-order chi connectivity index (χ0) is 24.8. The fourth-order valence-corrected chi connectivity index (χ4v) is 5.04. The number of hydrogen-bond acceptors (Lipinski definition) is 5. The molecule has 0 aliphatic carbocycles. The van der Waals surface area contributed by atoms with E-state index in [1.807, 2.05) is 29.1 Å². The molecule has 3 heterocycles. The maximum absolute atomic E-state index is 13.1. The lowest BCUT2D eigenvalue weighted by molar-refractivity contribution is -0.136. The van der Waals surface area contributed by atoms with E-state index in [1.54, 1.807) is 0 Å². The highest BCUT2D eigenvalue weighted by molar-refractivity contribution is 5.88. The first-order valence-electron chi connectivity index (χ1n) is 13.4. The van der Waals surface area contributed by atoms with E-state index in [9.17, 15) is 4.79 Å². The van der Waals surface area contributed by atoms with Gasteiger partial charge in [0.15, 0.2) is 5.65 Å². The second kappa shape index (κ2) is 11.6. The van der Waals surface area contributed by atoms with Crippen LogP contribution in [0.15, 0.2) is 36.5 Å². The van der Waals surface area contributed by atoms with Gasteiger partial charge >= 0.3 is 0 Å². The Hall–Kier alpha value is -2.96. The predicted octanol–water partition coefficient (Wildman–Crippen LogP) is 5.58. The molecule has 35 heavy (non-hydrogen) atoms. The average Bonchev–Trinajstić information content (AvgIpc) is 3.33. The molecule has 1 amide bonds. The summed E-state index contributed by atoms with van der Waals surface area (Å²) in [5, 5.41) is 5.66. The Kier molecular flexibility index (Phi) is 8.37. The lowest BCUT2D eigenvalue weighted by Gasteiger charge is -2.37. The van der Waals surface area contributed by atoms with Crippen molar-refractivity contribution in [2.45, 2.75) is 72.1 Å². The van der Waals surface area contributed by atoms with Crippen LogP contribution in [0.25, 0.3) is 16.7 Å². The number of amides is 1. The fraction of sp³-hybridized carbons (Fsp3) is 0.571. The van der Waals surface area contributed by atoms with E-state index < -0.39 is 0 Å². The van der Waals surface area contributed by atoms with Crippen LogP contribution in [0.2, 0.25) is 0 Å². The minimum absolute atomic E-state index is 0.151. The summed E-state index contributed by atoms with van der Waals surface area (Å²) >= 11 is 0. The lowest BCUT2D eigenvalue weighted by atomic mass is 9.97. The number of carbonyl (C=O) groups is 1. The Balaban J connectivity index is 1.61. The topological polar surface area (TPSA) is 67.2 Å². The lowest BCUT2D eigenvalue weighted by Crippen LogP contribution is -2.50. The summed E-state index contributed by atoms with van der Waals surface area (Å²) in [5.41, 5.74) is 1.85. The van der Waals surface area contributed by atoms with Gasteiger partial charge in [0, 0.05) is 38.0 Å². The van der Waals surface area contributed by atoms with Gasteiger partial charge in [0.05, 0.1) is 17.3 Å². The van der Waals surface area contributed by atoms with Crippen molar-refractivity contribution in [2.24, 2.45) is 5.92 Å². The second-order valence-electron chi connectivity index (χ2n) is 9.78. The van der Waals surface area contributed by atoms with E-state index in [2.05, 4.69) is 49.6 Å². The van der Waals surface area contributed by atoms with Gasteiger partial charge in [-0.1, -0.05) is 65.2 Å². The van der Waals surface area contributed by atoms with E-state index in [1.165, 1.54) is 0 Å². The Morgan fingerprint density at radius 3 is 2.37 bits per heavy atom. The Morgan fingerprint density at radius 2 is 1.71 bits per heavy atom. The molecule has 188 valence electrons. The maximum atomic E-state index is 13.1. The zero-order valence-electron chi connectivity index (χ0n) is 21.8. The van der Waals surface area contributed by atoms with E-state index in [0.717, 1.165) is 93.1 Å². The molecular formula is C28H40N6O. The minimum Gasteiger partial charge on any atom is -0.352 e. The maximum Gasteiger partial charge on any atom is 0.225 e. The van der Waals surface area contributed by atoms with Gasteiger partial charge in [-0.2, -0.15) is 5.10 Å². The number of benzene rings is 1. The van der Waals surface area contributed by atoms with Gasteiger partial charge in [-0.3, -0.25) is 4.79 Å². The van der Waals surface area contributed by atoms with Crippen LogP contribution in [0.3, 0.4) is 0 Å². The monoisotopic (exact) mass is 476 g/mol. The van der Waals surface area contributed by atoms with Crippen LogP contribution in [0.5, 0.6) is 0 Å². The van der Waals surface area contributed by atoms with Crippen LogP contribution in [0.1, 0.15) is 78.0 Å². The molecule has 4 rings (SSSR count). The van der Waals surface area contributed by atoms with Gasteiger partial charge in [0.2, 0.25) is 5.91 Å². The van der Waals surface area contributed by atoms with Crippen molar-refractivity contribution in [3.63, 3.8) is 0 Å². The molecule has 0 N–H and O–H groups in total. The molecule has 3 aromatic rings. The number of para-hydroxylation sites is 1. The highest BCUT2D eigenvalue weighted by Gasteiger charge is 2.28. The molecule has 1 aliphatic rings. The van der Waals surface area contributed by atoms with Crippen LogP contribution in [0.4, 0.5) is 5.82 Å². The van der Waals surface area contributed by atoms with Crippen molar-refractivity contribution in [1.29, 1.82) is 0 Å². The van der Waals surface area contributed by atoms with Gasteiger partial charge in [-0.05, 0) is 31.4 Å². The van der Waals surface area contributed by atoms with E-state index >= 15 is 0 Å². The van der Waals surface area contributed by atoms with Gasteiger partial charge in [-0.15, -0.1) is 0 Å². The van der Waals surface area contributed by atoms with Gasteiger partial charge in [0.1, 0.15) is 11.6 Å². The first-order chi connectivity index (χ1) is 17.1. The van der Waals surface area contributed by atoms with E-state index in [0.29, 0.717) is 5.91 Å². The summed E-state index contributed by atoms with van der Waals surface area (Å²) < 4.78 is 1.92. The molecule has 0 unspecified atom stereocenters. The molecule has 0 radical (unpaired) electrons. The molecule has 0 bridgehead atoms. The van der Waals surface area contributed by atoms with Crippen LogP contribution in [0, 0.1) is 5.92 Å². The smallest absolute Gasteiger partial charge is 0.225 e. The molecule has 1 aliphatic heterocycles. The van der Waals surface area contributed by atoms with Crippen molar-refractivity contribution in [3.8, 4) is 5.69 Å². The van der Waals surface area contributed by atoms with Crippen LogP contribution >= 0.6 is 0 Å². The van der Waals surface area contributed by atoms with Crippen LogP contribution in [-0.4, -0.2) is 56.7 Å². The minimum atomic E-state index is 0.151. The Bertz CT molecular complexity index is 1100. The van der Waals surface area contributed by atoms with Crippen molar-refractivity contribution >= 4 is 22.8 Å². The third kappa shape index (κ3) is 5.49. The molecule has 1 saturated heterocycles. The SMILES string of the molecule is CCCC[C@@H](CC)C(=O)N1CCN(c2nc([C@H](C)CCC)nc3c2cnn3-c2ccccc2)CC1. The number of carbonyl (C=O) groups excluding carboxylic acids is 1. The number of hydrogen-bond donors (Lipinski definition) is 0. The summed E-state index contributed by atoms with van der Waals surface area (Å²) in [6, 6.07) is 10.2. The van der Waals surface area contributed by atoms with Gasteiger partial charge < -0.3 is 9.80 Å². The highest BCUT2D eigenvalue weighted by Crippen LogP contribution is 2.30. The molecule has 7 nitrogen and oxygen atoms in total. The van der Waals surface area contributed by atoms with E-state index in [4.69, 9.17) is 15.1 Å². The van der Waals surface area contributed by atoms with Crippen molar-refractivity contribution in [3.05, 3.63) is 42.4 Å². The number of nitrogens with zero attached hydrogens (tertiary/aromatic N) is 6. The van der Waals surface area contributed by atoms with Crippen molar-refractivity contribution in [1.82, 2.24) is 24.6 Å². The molecular weight excluding hydrogens is 436 g/mol. The first kappa shape index (κ1) is 25.1. The number of unbranched alkanes of at least 4 members (excludes halogenated alkanes) is 1. The highest BCUT2D eigenvalue weighted by atomic mass is 16.2. The normalized spacial score (nSPS) is 16.0. The van der Waals surface area contributed by atoms with Crippen molar-refractivity contribution in [2.75, 3.05) is 31.1 Å². The summed E-state index contributed by atoms with van der Waals surface area (Å²) in [5.74, 6) is 2.56. The van der Waals surface area contributed by atoms with Crippen LogP contribution in [-0.2, 0) is 4.79 Å². The first-order valence-corrected chi connectivity index (χ1v) is 13.4. The third-order valence-electron chi connectivity index (χ3n) is 7.23. The molecule has 2 atom stereocenters. The second-order valence-corrected chi connectivity index (χ2v) is 9.78. The number of aromatic nitrogens is 4. The van der Waals surface area contributed by atoms with Gasteiger partial charge in [-0.25, -0.2) is 14.6 Å². The van der Waals surface area contributed by atoms with Crippen molar-refractivity contribution < 1.29 is 4.79 Å². The number of rotatable bonds is 10. The zero-order valence-corrected chi connectivity index (χ0v) is 21.8. The molecule has 7 heteroatoms. The largest absolute Gasteiger partial charge is 0.352 e. The standard InChI is InChI=1S/C28H40N6O/c1-5-8-13-22(7-3)28(35)33-18-16-32(17-19-33)26-24-20-29-34(23-14-10-9-11-15-23)27(24)31-25(30-26)21(4)12-6-2/h9-11,14-15,20-22H,5-8,12-13,16-19H2,1-4H3/t21-,22-/m1/s1. The number of fused-ring (bicyclic) bond motifs is 1. The Morgan fingerprint density at radius 1 is 0.971 bits per heavy atom. The summed E-state index contributed by atoms with van der Waals surface area (Å²) in [6.07, 6.45) is 8.19. The molecule has 1 aromatic carbocycles. The summed E-state index contributed by atoms with van der Waals surface area (Å²) in [4.78, 5) is 27.6. The number of piperazine rings is 1. The molecule has 2 aromatic heterocycles. The average molecular weight is 477 g/mol. The Labute approximate surface area is 209 Å². The number of anilines is 1. The van der Waals surface area contributed by atoms with E-state index in [-0.39, 0.29) is 11.8 Å². The summed E-state index contributed by atoms with van der Waals surface area (Å²) in [7, 11) is 0. The van der Waals surface area contributed by atoms with Gasteiger partial charge in [0.25, 0.3) is 0 Å².